The maximum atomic E-state index is 4.52. The number of aromatic nitrogens is 5. The molecule has 0 aromatic carbocycles. The average molecular weight is 266 g/mol. The lowest BCUT2D eigenvalue weighted by molar-refractivity contribution is 0.935. The van der Waals surface area contributed by atoms with Crippen molar-refractivity contribution < 1.29 is 0 Å². The number of anilines is 1. The molecule has 0 aliphatic carbocycles. The molecule has 0 unspecified atom stereocenters. The largest absolute Gasteiger partial charge is 0.357 e. The standard InChI is InChI=1S/C14H14N6/c1-9(11-8-16-14(15-3)18-10(11)2)12-5-7-20-13(19-12)4-6-17-20/h4-8H,1H2,2-3H3,(H,15,16,18). The van der Waals surface area contributed by atoms with Gasteiger partial charge in [0.2, 0.25) is 5.95 Å². The van der Waals surface area contributed by atoms with Gasteiger partial charge in [-0.25, -0.2) is 19.5 Å². The molecule has 0 spiro atoms. The van der Waals surface area contributed by atoms with Crippen molar-refractivity contribution in [2.24, 2.45) is 0 Å². The van der Waals surface area contributed by atoms with Crippen molar-refractivity contribution in [3.8, 4) is 0 Å². The third kappa shape index (κ3) is 2.01. The Morgan fingerprint density at radius 1 is 1.30 bits per heavy atom. The van der Waals surface area contributed by atoms with Crippen molar-refractivity contribution >= 4 is 17.2 Å². The third-order valence-corrected chi connectivity index (χ3v) is 3.10. The van der Waals surface area contributed by atoms with E-state index in [0.717, 1.165) is 28.2 Å². The SMILES string of the molecule is C=C(c1ccn2nccc2n1)c1cnc(NC)nc1C. The van der Waals surface area contributed by atoms with Gasteiger partial charge in [-0.15, -0.1) is 0 Å². The fourth-order valence-electron chi connectivity index (χ4n) is 2.00. The number of aryl methyl sites for hydroxylation is 1. The van der Waals surface area contributed by atoms with Gasteiger partial charge >= 0.3 is 0 Å². The first-order chi connectivity index (χ1) is 9.69. The van der Waals surface area contributed by atoms with Crippen LogP contribution in [0.15, 0.2) is 37.3 Å². The predicted molar refractivity (Wildman–Crippen MR) is 77.4 cm³/mol. The van der Waals surface area contributed by atoms with Crippen molar-refractivity contribution in [3.05, 3.63) is 54.3 Å². The molecule has 0 fully saturated rings. The molecule has 0 amide bonds. The number of rotatable bonds is 3. The van der Waals surface area contributed by atoms with E-state index in [1.807, 2.05) is 25.3 Å². The van der Waals surface area contributed by atoms with Crippen LogP contribution in [0.1, 0.15) is 17.0 Å². The molecule has 3 rings (SSSR count). The summed E-state index contributed by atoms with van der Waals surface area (Å²) < 4.78 is 1.71. The molecule has 0 radical (unpaired) electrons. The van der Waals surface area contributed by atoms with Gasteiger partial charge in [-0.1, -0.05) is 6.58 Å². The normalized spacial score (nSPS) is 10.7. The Labute approximate surface area is 116 Å². The summed E-state index contributed by atoms with van der Waals surface area (Å²) in [7, 11) is 1.79. The van der Waals surface area contributed by atoms with Crippen LogP contribution in [0.5, 0.6) is 0 Å². The lowest BCUT2D eigenvalue weighted by Gasteiger charge is -2.09. The Hall–Kier alpha value is -2.76. The lowest BCUT2D eigenvalue weighted by atomic mass is 10.1. The number of hydrogen-bond acceptors (Lipinski definition) is 5. The van der Waals surface area contributed by atoms with Gasteiger partial charge < -0.3 is 5.32 Å². The predicted octanol–water partition coefficient (Wildman–Crippen LogP) is 1.93. The molecule has 0 aliphatic rings. The second-order valence-electron chi connectivity index (χ2n) is 4.37. The highest BCUT2D eigenvalue weighted by atomic mass is 15.2. The quantitative estimate of drug-likeness (QED) is 0.784. The molecule has 3 aromatic heterocycles. The maximum Gasteiger partial charge on any atom is 0.222 e. The molecule has 20 heavy (non-hydrogen) atoms. The van der Waals surface area contributed by atoms with Crippen molar-refractivity contribution in [2.75, 3.05) is 12.4 Å². The number of nitrogens with zero attached hydrogens (tertiary/aromatic N) is 5. The molecule has 6 heteroatoms. The Balaban J connectivity index is 2.03. The number of nitrogens with one attached hydrogen (secondary N) is 1. The average Bonchev–Trinajstić information content (AvgIpc) is 2.93. The van der Waals surface area contributed by atoms with E-state index in [1.165, 1.54) is 0 Å². The van der Waals surface area contributed by atoms with Crippen LogP contribution in [-0.4, -0.2) is 31.6 Å². The van der Waals surface area contributed by atoms with Crippen LogP contribution >= 0.6 is 0 Å². The molecule has 3 heterocycles. The van der Waals surface area contributed by atoms with Gasteiger partial charge in [-0.05, 0) is 13.0 Å². The van der Waals surface area contributed by atoms with Crippen molar-refractivity contribution in [1.29, 1.82) is 0 Å². The first-order valence-corrected chi connectivity index (χ1v) is 6.20. The summed E-state index contributed by atoms with van der Waals surface area (Å²) in [5.41, 5.74) is 4.13. The van der Waals surface area contributed by atoms with E-state index < -0.39 is 0 Å². The highest BCUT2D eigenvalue weighted by Gasteiger charge is 2.10. The monoisotopic (exact) mass is 266 g/mol. The Bertz CT molecular complexity index is 789. The van der Waals surface area contributed by atoms with Gasteiger partial charge in [0.25, 0.3) is 0 Å². The summed E-state index contributed by atoms with van der Waals surface area (Å²) in [5, 5.41) is 7.04. The third-order valence-electron chi connectivity index (χ3n) is 3.10. The van der Waals surface area contributed by atoms with E-state index in [-0.39, 0.29) is 0 Å². The summed E-state index contributed by atoms with van der Waals surface area (Å²) in [5.74, 6) is 0.596. The van der Waals surface area contributed by atoms with Crippen LogP contribution in [0.25, 0.3) is 11.2 Å². The van der Waals surface area contributed by atoms with Crippen LogP contribution in [0.3, 0.4) is 0 Å². The van der Waals surface area contributed by atoms with Crippen LogP contribution < -0.4 is 5.32 Å². The summed E-state index contributed by atoms with van der Waals surface area (Å²) in [6.07, 6.45) is 5.34. The molecule has 6 nitrogen and oxygen atoms in total. The highest BCUT2D eigenvalue weighted by molar-refractivity contribution is 5.77. The Kier molecular flexibility index (Phi) is 2.90. The second-order valence-corrected chi connectivity index (χ2v) is 4.37. The van der Waals surface area contributed by atoms with E-state index >= 15 is 0 Å². The molecule has 3 aromatic rings. The Morgan fingerprint density at radius 2 is 2.15 bits per heavy atom. The smallest absolute Gasteiger partial charge is 0.222 e. The van der Waals surface area contributed by atoms with Gasteiger partial charge in [0.15, 0.2) is 5.65 Å². The summed E-state index contributed by atoms with van der Waals surface area (Å²) in [6, 6.07) is 3.73. The van der Waals surface area contributed by atoms with Crippen LogP contribution in [0.2, 0.25) is 0 Å². The van der Waals surface area contributed by atoms with Crippen LogP contribution in [0.4, 0.5) is 5.95 Å². The molecular weight excluding hydrogens is 252 g/mol. The topological polar surface area (TPSA) is 68.0 Å². The van der Waals surface area contributed by atoms with Gasteiger partial charge in [-0.2, -0.15) is 5.10 Å². The zero-order valence-electron chi connectivity index (χ0n) is 11.3. The molecule has 0 saturated heterocycles. The molecule has 0 aliphatic heterocycles. The summed E-state index contributed by atoms with van der Waals surface area (Å²) in [6.45, 7) is 6.04. The number of hydrogen-bond donors (Lipinski definition) is 1. The van der Waals surface area contributed by atoms with Crippen molar-refractivity contribution in [3.63, 3.8) is 0 Å². The molecule has 0 bridgehead atoms. The molecule has 1 N–H and O–H groups in total. The minimum absolute atomic E-state index is 0.596. The first-order valence-electron chi connectivity index (χ1n) is 6.20. The minimum Gasteiger partial charge on any atom is -0.357 e. The molecular formula is C14H14N6. The Morgan fingerprint density at radius 3 is 2.90 bits per heavy atom. The van der Waals surface area contributed by atoms with E-state index in [2.05, 4.69) is 31.9 Å². The van der Waals surface area contributed by atoms with Gasteiger partial charge in [-0.3, -0.25) is 0 Å². The van der Waals surface area contributed by atoms with Crippen molar-refractivity contribution in [2.45, 2.75) is 6.92 Å². The van der Waals surface area contributed by atoms with Gasteiger partial charge in [0, 0.05) is 36.6 Å². The highest BCUT2D eigenvalue weighted by Crippen LogP contribution is 2.22. The summed E-state index contributed by atoms with van der Waals surface area (Å²) in [4.78, 5) is 13.1. The first kappa shape index (κ1) is 12.3. The van der Waals surface area contributed by atoms with E-state index in [0.29, 0.717) is 5.95 Å². The van der Waals surface area contributed by atoms with Crippen LogP contribution in [0, 0.1) is 6.92 Å². The van der Waals surface area contributed by atoms with Crippen molar-refractivity contribution in [1.82, 2.24) is 24.6 Å². The molecule has 0 atom stereocenters. The molecule has 100 valence electrons. The number of fused-ring (bicyclic) bond motifs is 1. The summed E-state index contributed by atoms with van der Waals surface area (Å²) >= 11 is 0. The van der Waals surface area contributed by atoms with E-state index in [9.17, 15) is 0 Å². The maximum absolute atomic E-state index is 4.52. The van der Waals surface area contributed by atoms with E-state index in [1.54, 1.807) is 24.0 Å². The lowest BCUT2D eigenvalue weighted by Crippen LogP contribution is -2.02. The fraction of sp³-hybridized carbons (Fsp3) is 0.143. The molecule has 0 saturated carbocycles. The zero-order chi connectivity index (χ0) is 14.1. The minimum atomic E-state index is 0.596. The fourth-order valence-corrected chi connectivity index (χ4v) is 2.00. The second kappa shape index (κ2) is 4.73. The van der Waals surface area contributed by atoms with Gasteiger partial charge in [0.1, 0.15) is 0 Å². The van der Waals surface area contributed by atoms with Crippen LogP contribution in [-0.2, 0) is 0 Å². The van der Waals surface area contributed by atoms with Gasteiger partial charge in [0.05, 0.1) is 17.6 Å². The van der Waals surface area contributed by atoms with E-state index in [4.69, 9.17) is 0 Å². The zero-order valence-corrected chi connectivity index (χ0v) is 11.3.